The lowest BCUT2D eigenvalue weighted by atomic mass is 9.95. The predicted molar refractivity (Wildman–Crippen MR) is 108 cm³/mol. The SMILES string of the molecule is CCC(C(=O)NCc1ccc(S(=O)(=O)N(C)C(C)C)cc1)c1ccccc1. The summed E-state index contributed by atoms with van der Waals surface area (Å²) in [6, 6.07) is 16.2. The van der Waals surface area contributed by atoms with Crippen molar-refractivity contribution in [2.24, 2.45) is 0 Å². The average Bonchev–Trinajstić information content (AvgIpc) is 2.67. The Bertz CT molecular complexity index is 847. The first-order chi connectivity index (χ1) is 12.8. The van der Waals surface area contributed by atoms with Crippen LogP contribution in [0, 0.1) is 0 Å². The van der Waals surface area contributed by atoms with Crippen molar-refractivity contribution in [2.45, 2.75) is 50.6 Å². The van der Waals surface area contributed by atoms with Crippen molar-refractivity contribution in [3.05, 3.63) is 65.7 Å². The molecule has 0 fully saturated rings. The molecule has 2 aromatic rings. The summed E-state index contributed by atoms with van der Waals surface area (Å²) in [5.41, 5.74) is 1.85. The fourth-order valence-corrected chi connectivity index (χ4v) is 4.16. The molecule has 0 heterocycles. The quantitative estimate of drug-likeness (QED) is 0.752. The summed E-state index contributed by atoms with van der Waals surface area (Å²) >= 11 is 0. The van der Waals surface area contributed by atoms with Gasteiger partial charge < -0.3 is 5.32 Å². The minimum Gasteiger partial charge on any atom is -0.351 e. The minimum atomic E-state index is -3.49. The Hall–Kier alpha value is -2.18. The maximum absolute atomic E-state index is 12.5. The molecule has 2 aromatic carbocycles. The second kappa shape index (κ2) is 9.15. The molecule has 1 amide bonds. The smallest absolute Gasteiger partial charge is 0.243 e. The van der Waals surface area contributed by atoms with Crippen LogP contribution in [0.15, 0.2) is 59.5 Å². The molecular weight excluding hydrogens is 360 g/mol. The van der Waals surface area contributed by atoms with Gasteiger partial charge in [0, 0.05) is 19.6 Å². The van der Waals surface area contributed by atoms with E-state index in [-0.39, 0.29) is 22.8 Å². The molecule has 0 spiro atoms. The van der Waals surface area contributed by atoms with Crippen LogP contribution in [0.5, 0.6) is 0 Å². The van der Waals surface area contributed by atoms with Gasteiger partial charge in [-0.2, -0.15) is 4.31 Å². The summed E-state index contributed by atoms with van der Waals surface area (Å²) in [6.45, 7) is 6.02. The molecule has 0 saturated carbocycles. The number of sulfonamides is 1. The predicted octanol–water partition coefficient (Wildman–Crippen LogP) is 3.53. The number of nitrogens with one attached hydrogen (secondary N) is 1. The molecule has 146 valence electrons. The van der Waals surface area contributed by atoms with E-state index in [0.29, 0.717) is 13.0 Å². The van der Waals surface area contributed by atoms with Gasteiger partial charge in [0.05, 0.1) is 10.8 Å². The van der Waals surface area contributed by atoms with Gasteiger partial charge in [-0.3, -0.25) is 4.79 Å². The normalized spacial score (nSPS) is 13.0. The number of amides is 1. The third-order valence-corrected chi connectivity index (χ3v) is 6.77. The summed E-state index contributed by atoms with van der Waals surface area (Å²) in [4.78, 5) is 12.8. The van der Waals surface area contributed by atoms with Crippen LogP contribution in [-0.2, 0) is 21.4 Å². The van der Waals surface area contributed by atoms with Crippen molar-refractivity contribution in [2.75, 3.05) is 7.05 Å². The van der Waals surface area contributed by atoms with Crippen molar-refractivity contribution >= 4 is 15.9 Å². The van der Waals surface area contributed by atoms with Crippen LogP contribution in [0.3, 0.4) is 0 Å². The van der Waals surface area contributed by atoms with Crippen LogP contribution < -0.4 is 5.32 Å². The molecule has 2 rings (SSSR count). The zero-order chi connectivity index (χ0) is 20.0. The van der Waals surface area contributed by atoms with Crippen LogP contribution in [0.2, 0.25) is 0 Å². The standard InChI is InChI=1S/C21H28N2O3S/c1-5-20(18-9-7-6-8-10-18)21(24)22-15-17-11-13-19(14-12-17)27(25,26)23(4)16(2)3/h6-14,16,20H,5,15H2,1-4H3,(H,22,24). The van der Waals surface area contributed by atoms with E-state index in [1.54, 1.807) is 31.3 Å². The summed E-state index contributed by atoms with van der Waals surface area (Å²) < 4.78 is 26.3. The van der Waals surface area contributed by atoms with E-state index in [9.17, 15) is 13.2 Å². The molecule has 0 aliphatic rings. The third-order valence-electron chi connectivity index (χ3n) is 4.72. The Labute approximate surface area is 162 Å². The lowest BCUT2D eigenvalue weighted by Gasteiger charge is -2.21. The number of nitrogens with zero attached hydrogens (tertiary/aromatic N) is 1. The molecule has 6 heteroatoms. The van der Waals surface area contributed by atoms with Gasteiger partial charge in [-0.1, -0.05) is 49.4 Å². The van der Waals surface area contributed by atoms with Gasteiger partial charge >= 0.3 is 0 Å². The molecule has 5 nitrogen and oxygen atoms in total. The van der Waals surface area contributed by atoms with Crippen molar-refractivity contribution in [1.82, 2.24) is 9.62 Å². The molecule has 1 N–H and O–H groups in total. The Morgan fingerprint density at radius 3 is 2.15 bits per heavy atom. The minimum absolute atomic E-state index is 0.0278. The number of hydrogen-bond acceptors (Lipinski definition) is 3. The first kappa shape index (κ1) is 21.1. The Kier molecular flexibility index (Phi) is 7.16. The highest BCUT2D eigenvalue weighted by Gasteiger charge is 2.23. The Morgan fingerprint density at radius 1 is 1.04 bits per heavy atom. The fourth-order valence-electron chi connectivity index (χ4n) is 2.79. The zero-order valence-electron chi connectivity index (χ0n) is 16.3. The van der Waals surface area contributed by atoms with Gasteiger partial charge in [-0.15, -0.1) is 0 Å². The van der Waals surface area contributed by atoms with Crippen LogP contribution in [-0.4, -0.2) is 31.7 Å². The van der Waals surface area contributed by atoms with Crippen molar-refractivity contribution in [3.63, 3.8) is 0 Å². The molecule has 1 unspecified atom stereocenters. The highest BCUT2D eigenvalue weighted by molar-refractivity contribution is 7.89. The lowest BCUT2D eigenvalue weighted by Crippen LogP contribution is -2.33. The molecule has 0 aliphatic carbocycles. The molecular formula is C21H28N2O3S. The number of hydrogen-bond donors (Lipinski definition) is 1. The van der Waals surface area contributed by atoms with Crippen LogP contribution >= 0.6 is 0 Å². The molecule has 0 radical (unpaired) electrons. The van der Waals surface area contributed by atoms with E-state index in [0.717, 1.165) is 11.1 Å². The maximum atomic E-state index is 12.5. The van der Waals surface area contributed by atoms with Gasteiger partial charge in [0.2, 0.25) is 15.9 Å². The van der Waals surface area contributed by atoms with Gasteiger partial charge in [0.1, 0.15) is 0 Å². The molecule has 27 heavy (non-hydrogen) atoms. The largest absolute Gasteiger partial charge is 0.351 e. The van der Waals surface area contributed by atoms with E-state index in [1.807, 2.05) is 51.1 Å². The van der Waals surface area contributed by atoms with Crippen molar-refractivity contribution < 1.29 is 13.2 Å². The zero-order valence-corrected chi connectivity index (χ0v) is 17.2. The summed E-state index contributed by atoms with van der Waals surface area (Å²) in [5, 5.41) is 2.95. The van der Waals surface area contributed by atoms with E-state index >= 15 is 0 Å². The maximum Gasteiger partial charge on any atom is 0.243 e. The van der Waals surface area contributed by atoms with Crippen LogP contribution in [0.4, 0.5) is 0 Å². The second-order valence-electron chi connectivity index (χ2n) is 6.85. The molecule has 1 atom stereocenters. The topological polar surface area (TPSA) is 66.5 Å². The number of carbonyl (C=O) groups is 1. The summed E-state index contributed by atoms with van der Waals surface area (Å²) in [6.07, 6.45) is 0.717. The van der Waals surface area contributed by atoms with Gasteiger partial charge in [-0.05, 0) is 43.5 Å². The average molecular weight is 389 g/mol. The molecule has 0 aromatic heterocycles. The summed E-state index contributed by atoms with van der Waals surface area (Å²) in [7, 11) is -1.92. The van der Waals surface area contributed by atoms with E-state index in [1.165, 1.54) is 4.31 Å². The van der Waals surface area contributed by atoms with Gasteiger partial charge in [-0.25, -0.2) is 8.42 Å². The molecule has 0 aliphatic heterocycles. The van der Waals surface area contributed by atoms with E-state index in [2.05, 4.69) is 5.32 Å². The number of rotatable bonds is 8. The molecule has 0 bridgehead atoms. The highest BCUT2D eigenvalue weighted by Crippen LogP contribution is 2.20. The van der Waals surface area contributed by atoms with Crippen molar-refractivity contribution in [3.8, 4) is 0 Å². The van der Waals surface area contributed by atoms with Gasteiger partial charge in [0.15, 0.2) is 0 Å². The Balaban J connectivity index is 2.04. The fraction of sp³-hybridized carbons (Fsp3) is 0.381. The lowest BCUT2D eigenvalue weighted by molar-refractivity contribution is -0.122. The second-order valence-corrected chi connectivity index (χ2v) is 8.85. The van der Waals surface area contributed by atoms with Gasteiger partial charge in [0.25, 0.3) is 0 Å². The van der Waals surface area contributed by atoms with Crippen LogP contribution in [0.25, 0.3) is 0 Å². The first-order valence-corrected chi connectivity index (χ1v) is 10.6. The number of benzene rings is 2. The summed E-state index contributed by atoms with van der Waals surface area (Å²) in [5.74, 6) is -0.217. The van der Waals surface area contributed by atoms with E-state index in [4.69, 9.17) is 0 Å². The van der Waals surface area contributed by atoms with E-state index < -0.39 is 10.0 Å². The Morgan fingerprint density at radius 2 is 1.63 bits per heavy atom. The van der Waals surface area contributed by atoms with Crippen molar-refractivity contribution in [1.29, 1.82) is 0 Å². The monoisotopic (exact) mass is 388 g/mol. The van der Waals surface area contributed by atoms with Crippen LogP contribution in [0.1, 0.15) is 44.2 Å². The third kappa shape index (κ3) is 5.17. The molecule has 0 saturated heterocycles. The number of carbonyl (C=O) groups excluding carboxylic acids is 1. The first-order valence-electron chi connectivity index (χ1n) is 9.17. The highest BCUT2D eigenvalue weighted by atomic mass is 32.2.